The molecule has 1 nitrogen and oxygen atoms in total. The quantitative estimate of drug-likeness (QED) is 0.396. The molecular formula is C15H32BrOP. The molecule has 1 atom stereocenters. The number of hydrogen-bond acceptors (Lipinski definition) is 1. The van der Waals surface area contributed by atoms with Crippen LogP contribution in [-0.2, 0) is 0 Å². The van der Waals surface area contributed by atoms with Gasteiger partial charge in [0, 0.05) is 6.16 Å². The van der Waals surface area contributed by atoms with Gasteiger partial charge in [0.05, 0.1) is 6.85 Å². The van der Waals surface area contributed by atoms with Crippen molar-refractivity contribution in [1.29, 1.82) is 0 Å². The van der Waals surface area contributed by atoms with Crippen LogP contribution in [0, 0.1) is 5.41 Å². The molecule has 0 rings (SSSR count). The molecule has 0 aromatic heterocycles. The zero-order valence-electron chi connectivity index (χ0n) is 12.6. The molecule has 0 heterocycles. The standard InChI is InChI=1S/C15H32BrOP/c1-4-7-10-15(11-8-5-2,12-9-6-3)13-14-18(16)17/h17H,4-14H2,1-3H3. The largest absolute Gasteiger partial charge is 0.362 e. The summed E-state index contributed by atoms with van der Waals surface area (Å²) in [5, 5.41) is 0. The molecule has 0 aromatic rings. The summed E-state index contributed by atoms with van der Waals surface area (Å²) in [6.45, 7) is 5.96. The van der Waals surface area contributed by atoms with Crippen LogP contribution in [0.25, 0.3) is 0 Å². The predicted molar refractivity (Wildman–Crippen MR) is 88.6 cm³/mol. The van der Waals surface area contributed by atoms with E-state index in [-0.39, 0.29) is 0 Å². The Morgan fingerprint density at radius 3 is 1.50 bits per heavy atom. The van der Waals surface area contributed by atoms with Gasteiger partial charge in [-0.25, -0.2) is 0 Å². The molecule has 0 aromatic carbocycles. The molecule has 0 fully saturated rings. The van der Waals surface area contributed by atoms with Gasteiger partial charge in [0.15, 0.2) is 0 Å². The second-order valence-electron chi connectivity index (χ2n) is 5.62. The van der Waals surface area contributed by atoms with E-state index in [1.807, 2.05) is 0 Å². The minimum Gasteiger partial charge on any atom is -0.362 e. The first-order valence-corrected chi connectivity index (χ1v) is 11.2. The number of rotatable bonds is 12. The summed E-state index contributed by atoms with van der Waals surface area (Å²) in [7, 11) is 0. The summed E-state index contributed by atoms with van der Waals surface area (Å²) in [6.07, 6.45) is 14.2. The van der Waals surface area contributed by atoms with Gasteiger partial charge in [-0.3, -0.25) is 0 Å². The highest BCUT2D eigenvalue weighted by molar-refractivity contribution is 9.38. The van der Waals surface area contributed by atoms with Crippen LogP contribution < -0.4 is 0 Å². The molecule has 18 heavy (non-hydrogen) atoms. The monoisotopic (exact) mass is 338 g/mol. The average molecular weight is 339 g/mol. The molecule has 0 bridgehead atoms. The highest BCUT2D eigenvalue weighted by atomic mass is 79.9. The molecule has 0 radical (unpaired) electrons. The van der Waals surface area contributed by atoms with E-state index in [4.69, 9.17) is 0 Å². The van der Waals surface area contributed by atoms with Crippen LogP contribution in [0.5, 0.6) is 0 Å². The Morgan fingerprint density at radius 1 is 0.833 bits per heavy atom. The van der Waals surface area contributed by atoms with Crippen molar-refractivity contribution in [3.8, 4) is 0 Å². The first-order chi connectivity index (χ1) is 8.60. The Hall–Kier alpha value is 0.870. The van der Waals surface area contributed by atoms with Crippen LogP contribution in [0.3, 0.4) is 0 Å². The molecule has 1 N–H and O–H groups in total. The number of unbranched alkanes of at least 4 members (excludes halogenated alkanes) is 3. The maximum Gasteiger partial charge on any atom is 0.0945 e. The molecule has 3 heteroatoms. The van der Waals surface area contributed by atoms with Crippen LogP contribution in [0.15, 0.2) is 0 Å². The smallest absolute Gasteiger partial charge is 0.0945 e. The van der Waals surface area contributed by atoms with E-state index in [0.717, 1.165) is 6.16 Å². The van der Waals surface area contributed by atoms with E-state index in [0.29, 0.717) is 5.41 Å². The molecule has 0 aliphatic carbocycles. The van der Waals surface area contributed by atoms with Crippen molar-refractivity contribution in [2.24, 2.45) is 5.41 Å². The lowest BCUT2D eigenvalue weighted by Gasteiger charge is -2.35. The molecule has 0 aliphatic heterocycles. The Bertz CT molecular complexity index is 164. The first-order valence-electron chi connectivity index (χ1n) is 7.72. The van der Waals surface area contributed by atoms with Crippen molar-refractivity contribution >= 4 is 22.3 Å². The molecule has 0 spiro atoms. The van der Waals surface area contributed by atoms with Gasteiger partial charge in [-0.05, 0) is 46.6 Å². The maximum absolute atomic E-state index is 9.57. The molecule has 0 saturated carbocycles. The fourth-order valence-electron chi connectivity index (χ4n) is 2.73. The highest BCUT2D eigenvalue weighted by Crippen LogP contribution is 2.47. The third-order valence-electron chi connectivity index (χ3n) is 4.01. The minimum absolute atomic E-state index is 0.513. The zero-order valence-corrected chi connectivity index (χ0v) is 15.0. The van der Waals surface area contributed by atoms with E-state index in [1.54, 1.807) is 0 Å². The van der Waals surface area contributed by atoms with Crippen molar-refractivity contribution in [1.82, 2.24) is 0 Å². The van der Waals surface area contributed by atoms with Gasteiger partial charge in [-0.1, -0.05) is 59.3 Å². The molecule has 0 saturated heterocycles. The number of hydrogen-bond donors (Lipinski definition) is 1. The van der Waals surface area contributed by atoms with Crippen LogP contribution in [0.4, 0.5) is 0 Å². The van der Waals surface area contributed by atoms with E-state index < -0.39 is 6.85 Å². The van der Waals surface area contributed by atoms with Crippen molar-refractivity contribution in [3.05, 3.63) is 0 Å². The van der Waals surface area contributed by atoms with E-state index in [9.17, 15) is 4.89 Å². The zero-order chi connectivity index (χ0) is 13.9. The second-order valence-corrected chi connectivity index (χ2v) is 9.20. The van der Waals surface area contributed by atoms with Gasteiger partial charge >= 0.3 is 0 Å². The van der Waals surface area contributed by atoms with Gasteiger partial charge in [0.1, 0.15) is 0 Å². The molecule has 110 valence electrons. The van der Waals surface area contributed by atoms with E-state index in [1.165, 1.54) is 64.2 Å². The SMILES string of the molecule is CCCCC(CCCC)(CCCC)CCP(O)Br. The first kappa shape index (κ1) is 18.9. The minimum atomic E-state index is -0.897. The third kappa shape index (κ3) is 8.88. The van der Waals surface area contributed by atoms with Crippen LogP contribution in [0.1, 0.15) is 85.0 Å². The Labute approximate surface area is 124 Å². The van der Waals surface area contributed by atoms with Gasteiger partial charge in [0.25, 0.3) is 0 Å². The lowest BCUT2D eigenvalue weighted by Crippen LogP contribution is -2.22. The van der Waals surface area contributed by atoms with Crippen molar-refractivity contribution in [3.63, 3.8) is 0 Å². The van der Waals surface area contributed by atoms with E-state index in [2.05, 4.69) is 36.3 Å². The average Bonchev–Trinajstić information content (AvgIpc) is 2.37. The van der Waals surface area contributed by atoms with Crippen LogP contribution >= 0.6 is 22.3 Å². The summed E-state index contributed by atoms with van der Waals surface area (Å²) in [5.41, 5.74) is 0.513. The second kappa shape index (κ2) is 11.7. The van der Waals surface area contributed by atoms with E-state index >= 15 is 0 Å². The van der Waals surface area contributed by atoms with Gasteiger partial charge in [0.2, 0.25) is 0 Å². The third-order valence-corrected chi connectivity index (χ3v) is 5.67. The molecule has 0 amide bonds. The summed E-state index contributed by atoms with van der Waals surface area (Å²) in [6, 6.07) is 0. The molecular weight excluding hydrogens is 307 g/mol. The maximum atomic E-state index is 9.57. The summed E-state index contributed by atoms with van der Waals surface area (Å²) in [4.78, 5) is 9.57. The fourth-order valence-corrected chi connectivity index (χ4v) is 3.93. The van der Waals surface area contributed by atoms with Crippen LogP contribution in [0.2, 0.25) is 0 Å². The summed E-state index contributed by atoms with van der Waals surface area (Å²) >= 11 is 3.35. The van der Waals surface area contributed by atoms with Crippen molar-refractivity contribution in [2.75, 3.05) is 6.16 Å². The molecule has 0 aliphatic rings. The molecule has 1 unspecified atom stereocenters. The van der Waals surface area contributed by atoms with Gasteiger partial charge in [-0.15, -0.1) is 0 Å². The topological polar surface area (TPSA) is 20.2 Å². The Balaban J connectivity index is 4.51. The van der Waals surface area contributed by atoms with Crippen molar-refractivity contribution in [2.45, 2.75) is 85.0 Å². The lowest BCUT2D eigenvalue weighted by atomic mass is 9.72. The fraction of sp³-hybridized carbons (Fsp3) is 1.00. The van der Waals surface area contributed by atoms with Crippen LogP contribution in [-0.4, -0.2) is 11.1 Å². The lowest BCUT2D eigenvalue weighted by molar-refractivity contribution is 0.192. The Morgan fingerprint density at radius 2 is 1.22 bits per heavy atom. The summed E-state index contributed by atoms with van der Waals surface area (Å²) in [5.74, 6) is 0. The van der Waals surface area contributed by atoms with Gasteiger partial charge in [-0.2, -0.15) is 0 Å². The predicted octanol–water partition coefficient (Wildman–Crippen LogP) is 6.63. The highest BCUT2D eigenvalue weighted by Gasteiger charge is 2.28. The number of halogens is 1. The normalized spacial score (nSPS) is 13.8. The summed E-state index contributed by atoms with van der Waals surface area (Å²) < 4.78 is 0. The van der Waals surface area contributed by atoms with Gasteiger partial charge < -0.3 is 4.89 Å². The Kier molecular flexibility index (Phi) is 12.2. The van der Waals surface area contributed by atoms with Crippen molar-refractivity contribution < 1.29 is 4.89 Å².